The molecule has 0 N–H and O–H groups in total. The SMILES string of the molecule is CC(C)[CH+]c1ccc(F)cc1. The predicted molar refractivity (Wildman–Crippen MR) is 44.6 cm³/mol. The first-order valence-corrected chi connectivity index (χ1v) is 3.79. The van der Waals surface area contributed by atoms with E-state index in [0.29, 0.717) is 5.92 Å². The Labute approximate surface area is 67.1 Å². The molecule has 0 saturated heterocycles. The number of hydrogen-bond acceptors (Lipinski definition) is 0. The topological polar surface area (TPSA) is 0 Å². The van der Waals surface area contributed by atoms with E-state index in [1.807, 2.05) is 0 Å². The van der Waals surface area contributed by atoms with Gasteiger partial charge in [0.25, 0.3) is 0 Å². The molecule has 0 radical (unpaired) electrons. The molecular weight excluding hydrogens is 139 g/mol. The zero-order valence-electron chi connectivity index (χ0n) is 6.84. The maximum atomic E-state index is 12.4. The molecule has 0 unspecified atom stereocenters. The van der Waals surface area contributed by atoms with Crippen LogP contribution in [0.3, 0.4) is 0 Å². The fourth-order valence-electron chi connectivity index (χ4n) is 0.959. The highest BCUT2D eigenvalue weighted by Crippen LogP contribution is 2.10. The largest absolute Gasteiger partial charge is 0.204 e. The maximum absolute atomic E-state index is 12.4. The van der Waals surface area contributed by atoms with Crippen LogP contribution in [0.1, 0.15) is 19.4 Å². The van der Waals surface area contributed by atoms with Crippen LogP contribution in [0.25, 0.3) is 0 Å². The summed E-state index contributed by atoms with van der Waals surface area (Å²) in [5.41, 5.74) is 1.08. The van der Waals surface area contributed by atoms with Gasteiger partial charge in [-0.25, -0.2) is 4.39 Å². The number of rotatable bonds is 2. The van der Waals surface area contributed by atoms with Crippen molar-refractivity contribution in [3.05, 3.63) is 42.1 Å². The standard InChI is InChI=1S/C10H12F/c1-8(2)7-9-3-5-10(11)6-4-9/h3-8H,1-2H3/q+1. The van der Waals surface area contributed by atoms with Crippen LogP contribution in [0.2, 0.25) is 0 Å². The van der Waals surface area contributed by atoms with Crippen molar-refractivity contribution in [1.29, 1.82) is 0 Å². The second kappa shape index (κ2) is 3.42. The minimum atomic E-state index is -0.175. The molecule has 0 spiro atoms. The molecule has 58 valence electrons. The third kappa shape index (κ3) is 2.62. The average molecular weight is 151 g/mol. The molecule has 0 fully saturated rings. The lowest BCUT2D eigenvalue weighted by Gasteiger charge is -1.95. The van der Waals surface area contributed by atoms with E-state index < -0.39 is 0 Å². The van der Waals surface area contributed by atoms with Crippen molar-refractivity contribution in [2.45, 2.75) is 13.8 Å². The first-order chi connectivity index (χ1) is 5.18. The van der Waals surface area contributed by atoms with Crippen molar-refractivity contribution in [3.8, 4) is 0 Å². The fourth-order valence-corrected chi connectivity index (χ4v) is 0.959. The highest BCUT2D eigenvalue weighted by Gasteiger charge is 2.04. The van der Waals surface area contributed by atoms with Gasteiger partial charge in [-0.3, -0.25) is 0 Å². The van der Waals surface area contributed by atoms with Gasteiger partial charge in [0.15, 0.2) is 0 Å². The molecule has 0 aliphatic heterocycles. The molecule has 0 aliphatic carbocycles. The van der Waals surface area contributed by atoms with Crippen LogP contribution < -0.4 is 0 Å². The van der Waals surface area contributed by atoms with Gasteiger partial charge in [0, 0.05) is 36.6 Å². The van der Waals surface area contributed by atoms with E-state index in [1.54, 1.807) is 12.1 Å². The summed E-state index contributed by atoms with van der Waals surface area (Å²) < 4.78 is 12.4. The molecule has 0 heterocycles. The zero-order chi connectivity index (χ0) is 8.27. The lowest BCUT2D eigenvalue weighted by atomic mass is 10.0. The Morgan fingerprint density at radius 2 is 1.73 bits per heavy atom. The van der Waals surface area contributed by atoms with Gasteiger partial charge in [-0.05, 0) is 13.8 Å². The summed E-state index contributed by atoms with van der Waals surface area (Å²) in [6.45, 7) is 4.20. The lowest BCUT2D eigenvalue weighted by molar-refractivity contribution is 0.627. The molecule has 0 aliphatic rings. The molecule has 1 rings (SSSR count). The van der Waals surface area contributed by atoms with Gasteiger partial charge in [-0.1, -0.05) is 0 Å². The summed E-state index contributed by atoms with van der Waals surface area (Å²) in [5.74, 6) is 0.339. The second-order valence-corrected chi connectivity index (χ2v) is 2.96. The van der Waals surface area contributed by atoms with Crippen LogP contribution in [0.15, 0.2) is 24.3 Å². The molecule has 11 heavy (non-hydrogen) atoms. The Kier molecular flexibility index (Phi) is 2.53. The van der Waals surface area contributed by atoms with E-state index in [0.717, 1.165) is 5.56 Å². The van der Waals surface area contributed by atoms with Crippen molar-refractivity contribution in [2.24, 2.45) is 5.92 Å². The third-order valence-electron chi connectivity index (χ3n) is 1.40. The molecular formula is C10H12F+. The Morgan fingerprint density at radius 1 is 1.18 bits per heavy atom. The highest BCUT2D eigenvalue weighted by atomic mass is 19.1. The van der Waals surface area contributed by atoms with Gasteiger partial charge in [0.2, 0.25) is 0 Å². The van der Waals surface area contributed by atoms with Crippen LogP contribution in [0.5, 0.6) is 0 Å². The Hall–Kier alpha value is -0.980. The summed E-state index contributed by atoms with van der Waals surface area (Å²) in [6, 6.07) is 6.53. The third-order valence-corrected chi connectivity index (χ3v) is 1.40. The van der Waals surface area contributed by atoms with Crippen LogP contribution in [-0.4, -0.2) is 0 Å². The van der Waals surface area contributed by atoms with Gasteiger partial charge in [0.05, 0.1) is 0 Å². The summed E-state index contributed by atoms with van der Waals surface area (Å²) in [4.78, 5) is 0. The normalized spacial score (nSPS) is 10.2. The van der Waals surface area contributed by atoms with E-state index in [9.17, 15) is 4.39 Å². The van der Waals surface area contributed by atoms with Gasteiger partial charge in [-0.15, -0.1) is 0 Å². The minimum Gasteiger partial charge on any atom is -0.204 e. The zero-order valence-corrected chi connectivity index (χ0v) is 6.84. The van der Waals surface area contributed by atoms with E-state index in [-0.39, 0.29) is 5.82 Å². The summed E-state index contributed by atoms with van der Waals surface area (Å²) in [6.07, 6.45) is 2.10. The van der Waals surface area contributed by atoms with Crippen molar-refractivity contribution >= 4 is 0 Å². The molecule has 1 heteroatoms. The van der Waals surface area contributed by atoms with E-state index >= 15 is 0 Å². The summed E-state index contributed by atoms with van der Waals surface area (Å²) in [7, 11) is 0. The van der Waals surface area contributed by atoms with Gasteiger partial charge in [-0.2, -0.15) is 0 Å². The number of benzene rings is 1. The average Bonchev–Trinajstić information content (AvgIpc) is 1.93. The lowest BCUT2D eigenvalue weighted by Crippen LogP contribution is -1.90. The van der Waals surface area contributed by atoms with Crippen molar-refractivity contribution < 1.29 is 4.39 Å². The Morgan fingerprint density at radius 3 is 2.18 bits per heavy atom. The van der Waals surface area contributed by atoms with E-state index in [4.69, 9.17) is 0 Å². The van der Waals surface area contributed by atoms with Crippen LogP contribution in [0.4, 0.5) is 4.39 Å². The fraction of sp³-hybridized carbons (Fsp3) is 0.300. The first kappa shape index (κ1) is 8.12. The van der Waals surface area contributed by atoms with Crippen molar-refractivity contribution in [3.63, 3.8) is 0 Å². The van der Waals surface area contributed by atoms with Crippen LogP contribution >= 0.6 is 0 Å². The molecule has 0 atom stereocenters. The summed E-state index contributed by atoms with van der Waals surface area (Å²) in [5, 5.41) is 0. The number of halogens is 1. The summed E-state index contributed by atoms with van der Waals surface area (Å²) >= 11 is 0. The van der Waals surface area contributed by atoms with E-state index in [2.05, 4.69) is 20.3 Å². The van der Waals surface area contributed by atoms with Gasteiger partial charge >= 0.3 is 0 Å². The first-order valence-electron chi connectivity index (χ1n) is 3.79. The molecule has 0 saturated carbocycles. The quantitative estimate of drug-likeness (QED) is 0.570. The Balaban J connectivity index is 2.66. The molecule has 0 amide bonds. The molecule has 1 aromatic rings. The van der Waals surface area contributed by atoms with Crippen molar-refractivity contribution in [1.82, 2.24) is 0 Å². The van der Waals surface area contributed by atoms with Crippen LogP contribution in [0, 0.1) is 18.2 Å². The van der Waals surface area contributed by atoms with Gasteiger partial charge < -0.3 is 0 Å². The monoisotopic (exact) mass is 151 g/mol. The molecule has 0 aromatic heterocycles. The minimum absolute atomic E-state index is 0.175. The predicted octanol–water partition coefficient (Wildman–Crippen LogP) is 3.03. The van der Waals surface area contributed by atoms with Gasteiger partial charge in [0.1, 0.15) is 11.4 Å². The smallest absolute Gasteiger partial charge is 0.149 e. The molecule has 0 nitrogen and oxygen atoms in total. The highest BCUT2D eigenvalue weighted by molar-refractivity contribution is 5.23. The second-order valence-electron chi connectivity index (χ2n) is 2.96. The maximum Gasteiger partial charge on any atom is 0.149 e. The Bertz CT molecular complexity index is 211. The van der Waals surface area contributed by atoms with E-state index in [1.165, 1.54) is 12.1 Å². The molecule has 0 bridgehead atoms. The molecule has 1 aromatic carbocycles. The van der Waals surface area contributed by atoms with Crippen molar-refractivity contribution in [2.75, 3.05) is 0 Å². The number of hydrogen-bond donors (Lipinski definition) is 0. The van der Waals surface area contributed by atoms with Crippen LogP contribution in [-0.2, 0) is 0 Å².